The van der Waals surface area contributed by atoms with Crippen LogP contribution in [0.5, 0.6) is 0 Å². The van der Waals surface area contributed by atoms with Crippen LogP contribution in [0.15, 0.2) is 16.5 Å². The van der Waals surface area contributed by atoms with Gasteiger partial charge in [-0.15, -0.1) is 0 Å². The molecule has 0 spiro atoms. The highest BCUT2D eigenvalue weighted by molar-refractivity contribution is 7.98. The summed E-state index contributed by atoms with van der Waals surface area (Å²) in [5, 5.41) is 3.51. The van der Waals surface area contributed by atoms with Crippen molar-refractivity contribution in [3.8, 4) is 0 Å². The van der Waals surface area contributed by atoms with Gasteiger partial charge in [0.25, 0.3) is 0 Å². The van der Waals surface area contributed by atoms with Gasteiger partial charge in [-0.1, -0.05) is 6.92 Å². The average Bonchev–Trinajstić information content (AvgIpc) is 2.88. The summed E-state index contributed by atoms with van der Waals surface area (Å²) < 4.78 is 5.87. The quantitative estimate of drug-likeness (QED) is 0.803. The standard InChI is InChI=1S/C14H23NOS/c1-10-8-13(10)14-5-4-12(16-14)9-15-11(2)6-7-17-3/h4-5,10-11,13,15H,6-9H2,1-3H3. The lowest BCUT2D eigenvalue weighted by Gasteiger charge is -2.11. The SMILES string of the molecule is CSCCC(C)NCc1ccc(C2CC2C)o1. The first-order chi connectivity index (χ1) is 8.20. The molecule has 3 unspecified atom stereocenters. The first-order valence-corrected chi connectivity index (χ1v) is 7.91. The molecule has 1 fully saturated rings. The molecule has 1 N–H and O–H groups in total. The van der Waals surface area contributed by atoms with Crippen molar-refractivity contribution in [2.75, 3.05) is 12.0 Å². The van der Waals surface area contributed by atoms with E-state index in [1.807, 2.05) is 11.8 Å². The molecule has 0 bridgehead atoms. The second-order valence-corrected chi connectivity index (χ2v) is 6.17. The van der Waals surface area contributed by atoms with Gasteiger partial charge in [0.05, 0.1) is 6.54 Å². The van der Waals surface area contributed by atoms with Crippen LogP contribution in [0, 0.1) is 5.92 Å². The van der Waals surface area contributed by atoms with E-state index in [0.29, 0.717) is 12.0 Å². The molecule has 96 valence electrons. The lowest BCUT2D eigenvalue weighted by molar-refractivity contribution is 0.425. The Labute approximate surface area is 109 Å². The maximum Gasteiger partial charge on any atom is 0.117 e. The molecule has 2 rings (SSSR count). The first kappa shape index (κ1) is 13.0. The molecule has 0 aliphatic heterocycles. The van der Waals surface area contributed by atoms with E-state index >= 15 is 0 Å². The van der Waals surface area contributed by atoms with Crippen LogP contribution < -0.4 is 5.32 Å². The summed E-state index contributed by atoms with van der Waals surface area (Å²) in [5.41, 5.74) is 0. The summed E-state index contributed by atoms with van der Waals surface area (Å²) in [6, 6.07) is 4.84. The number of furan rings is 1. The maximum atomic E-state index is 5.87. The minimum atomic E-state index is 0.566. The van der Waals surface area contributed by atoms with Gasteiger partial charge in [-0.05, 0) is 49.8 Å². The molecule has 0 amide bonds. The molecule has 3 heteroatoms. The molecular formula is C14H23NOS. The van der Waals surface area contributed by atoms with Crippen LogP contribution >= 0.6 is 11.8 Å². The smallest absolute Gasteiger partial charge is 0.117 e. The highest BCUT2D eigenvalue weighted by Gasteiger charge is 2.36. The molecule has 1 aliphatic rings. The van der Waals surface area contributed by atoms with Crippen molar-refractivity contribution in [3.05, 3.63) is 23.7 Å². The van der Waals surface area contributed by atoms with Crippen LogP contribution in [0.3, 0.4) is 0 Å². The zero-order valence-electron chi connectivity index (χ0n) is 11.0. The van der Waals surface area contributed by atoms with Gasteiger partial charge < -0.3 is 9.73 Å². The van der Waals surface area contributed by atoms with Gasteiger partial charge in [0.15, 0.2) is 0 Å². The first-order valence-electron chi connectivity index (χ1n) is 6.51. The number of rotatable bonds is 7. The predicted molar refractivity (Wildman–Crippen MR) is 74.5 cm³/mol. The molecule has 1 saturated carbocycles. The Morgan fingerprint density at radius 2 is 2.29 bits per heavy atom. The van der Waals surface area contributed by atoms with Crippen molar-refractivity contribution < 1.29 is 4.42 Å². The maximum absolute atomic E-state index is 5.87. The molecular weight excluding hydrogens is 230 g/mol. The van der Waals surface area contributed by atoms with Crippen LogP contribution in [0.1, 0.15) is 44.1 Å². The van der Waals surface area contributed by atoms with Crippen LogP contribution in [0.4, 0.5) is 0 Å². The van der Waals surface area contributed by atoms with E-state index in [-0.39, 0.29) is 0 Å². The van der Waals surface area contributed by atoms with Crippen molar-refractivity contribution in [2.24, 2.45) is 5.92 Å². The third-order valence-corrected chi connectivity index (χ3v) is 4.18. The van der Waals surface area contributed by atoms with E-state index in [2.05, 4.69) is 37.6 Å². The van der Waals surface area contributed by atoms with E-state index in [1.54, 1.807) is 0 Å². The zero-order valence-corrected chi connectivity index (χ0v) is 11.8. The van der Waals surface area contributed by atoms with Crippen molar-refractivity contribution in [2.45, 2.75) is 45.2 Å². The van der Waals surface area contributed by atoms with E-state index in [1.165, 1.54) is 24.4 Å². The normalized spacial score (nSPS) is 24.9. The Kier molecular flexibility index (Phi) is 4.57. The second kappa shape index (κ2) is 5.96. The minimum Gasteiger partial charge on any atom is -0.464 e. The van der Waals surface area contributed by atoms with Crippen LogP contribution in [0.2, 0.25) is 0 Å². The zero-order chi connectivity index (χ0) is 12.3. The number of nitrogens with one attached hydrogen (secondary N) is 1. The number of hydrogen-bond donors (Lipinski definition) is 1. The lowest BCUT2D eigenvalue weighted by atomic mass is 10.2. The summed E-state index contributed by atoms with van der Waals surface area (Å²) in [4.78, 5) is 0. The summed E-state index contributed by atoms with van der Waals surface area (Å²) in [6.45, 7) is 5.38. The van der Waals surface area contributed by atoms with Crippen molar-refractivity contribution in [1.29, 1.82) is 0 Å². The molecule has 1 aromatic rings. The Morgan fingerprint density at radius 3 is 2.94 bits per heavy atom. The molecule has 0 saturated heterocycles. The van der Waals surface area contributed by atoms with Crippen molar-refractivity contribution >= 4 is 11.8 Å². The Hall–Kier alpha value is -0.410. The van der Waals surface area contributed by atoms with Gasteiger partial charge in [0, 0.05) is 12.0 Å². The van der Waals surface area contributed by atoms with Crippen LogP contribution in [-0.4, -0.2) is 18.1 Å². The van der Waals surface area contributed by atoms with Gasteiger partial charge in [0.2, 0.25) is 0 Å². The Morgan fingerprint density at radius 1 is 1.53 bits per heavy atom. The van der Waals surface area contributed by atoms with Crippen LogP contribution in [0.25, 0.3) is 0 Å². The predicted octanol–water partition coefficient (Wildman–Crippen LogP) is 3.63. The fourth-order valence-corrected chi connectivity index (χ4v) is 2.67. The molecule has 1 heterocycles. The summed E-state index contributed by atoms with van der Waals surface area (Å²) in [7, 11) is 0. The monoisotopic (exact) mass is 253 g/mol. The van der Waals surface area contributed by atoms with Gasteiger partial charge >= 0.3 is 0 Å². The highest BCUT2D eigenvalue weighted by Crippen LogP contribution is 2.47. The average molecular weight is 253 g/mol. The van der Waals surface area contributed by atoms with E-state index < -0.39 is 0 Å². The lowest BCUT2D eigenvalue weighted by Crippen LogP contribution is -2.25. The topological polar surface area (TPSA) is 25.2 Å². The Balaban J connectivity index is 1.73. The van der Waals surface area contributed by atoms with Gasteiger partial charge in [-0.2, -0.15) is 11.8 Å². The minimum absolute atomic E-state index is 0.566. The number of thioether (sulfide) groups is 1. The molecule has 0 radical (unpaired) electrons. The third-order valence-electron chi connectivity index (χ3n) is 3.54. The second-order valence-electron chi connectivity index (χ2n) is 5.19. The molecule has 0 aromatic carbocycles. The molecule has 17 heavy (non-hydrogen) atoms. The van der Waals surface area contributed by atoms with E-state index in [0.717, 1.165) is 18.2 Å². The van der Waals surface area contributed by atoms with Crippen molar-refractivity contribution in [1.82, 2.24) is 5.32 Å². The molecule has 3 atom stereocenters. The van der Waals surface area contributed by atoms with Gasteiger partial charge in [-0.3, -0.25) is 0 Å². The molecule has 2 nitrogen and oxygen atoms in total. The highest BCUT2D eigenvalue weighted by atomic mass is 32.2. The van der Waals surface area contributed by atoms with E-state index in [9.17, 15) is 0 Å². The summed E-state index contributed by atoms with van der Waals surface area (Å²) >= 11 is 1.90. The van der Waals surface area contributed by atoms with Gasteiger partial charge in [0.1, 0.15) is 11.5 Å². The molecule has 1 aromatic heterocycles. The summed E-state index contributed by atoms with van der Waals surface area (Å²) in [5.74, 6) is 5.00. The Bertz CT molecular complexity index is 350. The van der Waals surface area contributed by atoms with Crippen molar-refractivity contribution in [3.63, 3.8) is 0 Å². The third kappa shape index (κ3) is 3.78. The fraction of sp³-hybridized carbons (Fsp3) is 0.714. The van der Waals surface area contributed by atoms with Gasteiger partial charge in [-0.25, -0.2) is 0 Å². The summed E-state index contributed by atoms with van der Waals surface area (Å²) in [6.07, 6.45) is 4.67. The van der Waals surface area contributed by atoms with Crippen LogP contribution in [-0.2, 0) is 6.54 Å². The fourth-order valence-electron chi connectivity index (χ4n) is 2.08. The molecule has 1 aliphatic carbocycles. The largest absolute Gasteiger partial charge is 0.464 e. The van der Waals surface area contributed by atoms with E-state index in [4.69, 9.17) is 4.42 Å². The number of hydrogen-bond acceptors (Lipinski definition) is 3.